The molecule has 18 heteroatoms. The number of aromatic carboxylic acids is 1. The minimum absolute atomic E-state index is 0.0215. The number of carbonyl (C=O) groups excluding carboxylic acids is 2. The van der Waals surface area contributed by atoms with Crippen LogP contribution in [0.3, 0.4) is 0 Å². The predicted octanol–water partition coefficient (Wildman–Crippen LogP) is 0.244. The predicted molar refractivity (Wildman–Crippen MR) is 164 cm³/mol. The van der Waals surface area contributed by atoms with E-state index < -0.39 is 42.4 Å². The van der Waals surface area contributed by atoms with Gasteiger partial charge in [-0.05, 0) is 49.2 Å². The highest BCUT2D eigenvalue weighted by Gasteiger charge is 2.22. The number of nitrogens with two attached hydrogens (primary N) is 2. The molecule has 0 bridgehead atoms. The lowest BCUT2D eigenvalue weighted by Gasteiger charge is -2.10. The van der Waals surface area contributed by atoms with Gasteiger partial charge in [-0.25, -0.2) is 32.1 Å². The summed E-state index contributed by atoms with van der Waals surface area (Å²) in [5.41, 5.74) is 2.07. The Balaban J connectivity index is 1.60. The third-order valence-corrected chi connectivity index (χ3v) is 10.4. The Morgan fingerprint density at radius 1 is 0.933 bits per heavy atom. The van der Waals surface area contributed by atoms with Crippen molar-refractivity contribution in [2.45, 2.75) is 48.9 Å². The Bertz CT molecular complexity index is 2020. The smallest absolute Gasteiger partial charge is 0.348 e. The Morgan fingerprint density at radius 3 is 2.00 bits per heavy atom. The van der Waals surface area contributed by atoms with E-state index in [1.165, 1.54) is 36.4 Å². The molecule has 1 amide bonds. The molecular formula is C27H30N8O7S3. The fourth-order valence-electron chi connectivity index (χ4n) is 4.20. The monoisotopic (exact) mass is 674 g/mol. The van der Waals surface area contributed by atoms with Gasteiger partial charge in [-0.2, -0.15) is 4.98 Å². The van der Waals surface area contributed by atoms with E-state index in [0.29, 0.717) is 38.9 Å². The summed E-state index contributed by atoms with van der Waals surface area (Å²) in [6.07, 6.45) is -0.165. The van der Waals surface area contributed by atoms with Crippen LogP contribution in [0.2, 0.25) is 0 Å². The summed E-state index contributed by atoms with van der Waals surface area (Å²) in [5.74, 6) is -0.952. The van der Waals surface area contributed by atoms with Gasteiger partial charge < -0.3 is 20.5 Å². The number of aromatic nitrogens is 3. The number of benzene rings is 2. The number of carbonyl (C=O) groups is 2. The molecule has 0 spiro atoms. The largest absolute Gasteiger partial charge is 0.540 e. The third kappa shape index (κ3) is 8.79. The van der Waals surface area contributed by atoms with Crippen LogP contribution in [0.15, 0.2) is 69.4 Å². The first-order valence-electron chi connectivity index (χ1n) is 13.2. The second-order valence-electron chi connectivity index (χ2n) is 9.69. The van der Waals surface area contributed by atoms with Crippen LogP contribution in [-0.4, -0.2) is 43.7 Å². The Hall–Kier alpha value is -4.49. The number of carboxylic acid groups (broad SMARTS) is 1. The van der Waals surface area contributed by atoms with Crippen molar-refractivity contribution in [3.8, 4) is 0 Å². The number of aromatic amines is 1. The van der Waals surface area contributed by atoms with Crippen molar-refractivity contribution in [2.75, 3.05) is 5.32 Å². The summed E-state index contributed by atoms with van der Waals surface area (Å²) in [7, 11) is -8.58. The number of carboxylic acids is 1. The van der Waals surface area contributed by atoms with Gasteiger partial charge in [0.2, 0.25) is 30.8 Å². The summed E-state index contributed by atoms with van der Waals surface area (Å²) in [6, 6.07) is 13.2. The van der Waals surface area contributed by atoms with Crippen molar-refractivity contribution >= 4 is 54.2 Å². The fraction of sp³-hybridized carbons (Fsp3) is 0.222. The van der Waals surface area contributed by atoms with Crippen molar-refractivity contribution in [1.82, 2.24) is 20.3 Å². The van der Waals surface area contributed by atoms with Gasteiger partial charge in [0, 0.05) is 29.6 Å². The lowest BCUT2D eigenvalue weighted by Crippen LogP contribution is -2.25. The first kappa shape index (κ1) is 33.4. The van der Waals surface area contributed by atoms with Gasteiger partial charge in [0.05, 0.1) is 27.6 Å². The van der Waals surface area contributed by atoms with Gasteiger partial charge >= 0.3 is 4.80 Å². The highest BCUT2D eigenvalue weighted by molar-refractivity contribution is 7.89. The number of thiazole rings is 1. The molecule has 45 heavy (non-hydrogen) atoms. The van der Waals surface area contributed by atoms with Crippen molar-refractivity contribution in [3.63, 3.8) is 0 Å². The first-order valence-corrected chi connectivity index (χ1v) is 17.7. The van der Waals surface area contributed by atoms with Gasteiger partial charge in [-0.3, -0.25) is 9.78 Å². The van der Waals surface area contributed by atoms with Gasteiger partial charge in [0.1, 0.15) is 17.5 Å². The highest BCUT2D eigenvalue weighted by Crippen LogP contribution is 2.23. The summed E-state index contributed by atoms with van der Waals surface area (Å²) in [4.78, 5) is 41.2. The van der Waals surface area contributed by atoms with E-state index in [-0.39, 0.29) is 40.1 Å². The van der Waals surface area contributed by atoms with Crippen molar-refractivity contribution < 1.29 is 31.5 Å². The number of anilines is 1. The number of amides is 1. The van der Waals surface area contributed by atoms with E-state index in [2.05, 4.69) is 30.6 Å². The first-order chi connectivity index (χ1) is 21.1. The van der Waals surface area contributed by atoms with Crippen LogP contribution in [0.25, 0.3) is 0 Å². The normalized spacial score (nSPS) is 12.6. The number of nitrogens with one attached hydrogen (secondary N) is 3. The second kappa shape index (κ2) is 13.7. The fourth-order valence-corrected chi connectivity index (χ4v) is 7.07. The standard InChI is InChI=1S/C27H30N8O7S3/c1-3-43-24(25(37)38)16(2)32-27(43)35-26-33-19(13-23(36)31-15-18-6-10-21(11-7-18)45(29,41)42)12-22(34-26)30-14-17-4-8-20(9-5-17)44(28,39)40/h4-12H,3,13-15H2,1-2H3,(H7-,28,29,30,31,32,33,34,35,36,37,38,39,40,41,42). The Morgan fingerprint density at radius 2 is 1.49 bits per heavy atom. The molecule has 1 atom stereocenters. The lowest BCUT2D eigenvalue weighted by atomic mass is 10.2. The SMILES string of the molecule is CC[s+]1c(C(=O)[O-])c(C)[nH]c1=Nc1nc(CC(=O)NCc2ccc(S(N)(=O)=O)cc2)cc(NCc2ccc(S(N)(=O)=O)cc2)n1. The number of hydrogen-bond donors (Lipinski definition) is 5. The molecule has 0 aliphatic heterocycles. The minimum Gasteiger partial charge on any atom is -0.540 e. The maximum Gasteiger partial charge on any atom is 0.348 e. The van der Waals surface area contributed by atoms with E-state index in [4.69, 9.17) is 10.3 Å². The molecule has 0 aliphatic carbocycles. The van der Waals surface area contributed by atoms with Crippen LogP contribution in [0.5, 0.6) is 0 Å². The van der Waals surface area contributed by atoms with E-state index in [1.807, 2.05) is 6.92 Å². The molecule has 7 N–H and O–H groups in total. The molecule has 2 aromatic carbocycles. The second-order valence-corrected chi connectivity index (χ2v) is 15.0. The molecule has 2 aromatic heterocycles. The molecular weight excluding hydrogens is 645 g/mol. The van der Waals surface area contributed by atoms with Crippen LogP contribution >= 0.6 is 10.5 Å². The highest BCUT2D eigenvalue weighted by atomic mass is 32.2. The third-order valence-electron chi connectivity index (χ3n) is 6.37. The van der Waals surface area contributed by atoms with E-state index in [1.54, 1.807) is 25.1 Å². The number of H-pyrrole nitrogens is 1. The summed E-state index contributed by atoms with van der Waals surface area (Å²) >= 11 is 0. The molecule has 0 saturated carbocycles. The topological polar surface area (TPSA) is 256 Å². The number of primary sulfonamides is 2. The molecule has 0 saturated heterocycles. The Labute approximate surface area is 261 Å². The van der Waals surface area contributed by atoms with Crippen LogP contribution in [0.4, 0.5) is 11.8 Å². The summed E-state index contributed by atoms with van der Waals surface area (Å²) in [5, 5.41) is 27.9. The molecule has 2 heterocycles. The molecule has 15 nitrogen and oxygen atoms in total. The molecule has 0 aliphatic rings. The molecule has 4 rings (SSSR count). The van der Waals surface area contributed by atoms with Gasteiger partial charge in [-0.15, -0.1) is 4.99 Å². The van der Waals surface area contributed by atoms with Crippen molar-refractivity contribution in [2.24, 2.45) is 15.3 Å². The number of hydrogen-bond acceptors (Lipinski definition) is 11. The molecule has 238 valence electrons. The van der Waals surface area contributed by atoms with Crippen LogP contribution in [0, 0.1) is 6.92 Å². The van der Waals surface area contributed by atoms with Crippen molar-refractivity contribution in [1.29, 1.82) is 0 Å². The van der Waals surface area contributed by atoms with Gasteiger partial charge in [0.25, 0.3) is 5.95 Å². The number of sulfonamides is 2. The zero-order chi connectivity index (χ0) is 32.9. The summed E-state index contributed by atoms with van der Waals surface area (Å²) < 4.78 is 46.1. The molecule has 1 unspecified atom stereocenters. The van der Waals surface area contributed by atoms with E-state index in [0.717, 1.165) is 0 Å². The minimum atomic E-state index is -3.84. The number of aryl methyl sites for hydroxylation is 1. The van der Waals surface area contributed by atoms with Crippen LogP contribution in [0.1, 0.15) is 39.1 Å². The molecule has 4 aromatic rings. The van der Waals surface area contributed by atoms with Crippen LogP contribution < -0.4 is 30.8 Å². The van der Waals surface area contributed by atoms with Gasteiger partial charge in [-0.1, -0.05) is 24.3 Å². The van der Waals surface area contributed by atoms with E-state index in [9.17, 15) is 31.5 Å². The quantitative estimate of drug-likeness (QED) is 0.128. The maximum atomic E-state index is 12.8. The van der Waals surface area contributed by atoms with Gasteiger partial charge in [0.15, 0.2) is 0 Å². The number of nitrogens with zero attached hydrogens (tertiary/aromatic N) is 3. The van der Waals surface area contributed by atoms with E-state index >= 15 is 0 Å². The zero-order valence-electron chi connectivity index (χ0n) is 24.1. The van der Waals surface area contributed by atoms with Crippen molar-refractivity contribution in [3.05, 3.63) is 86.8 Å². The Kier molecular flexibility index (Phi) is 10.1. The zero-order valence-corrected chi connectivity index (χ0v) is 26.6. The van der Waals surface area contributed by atoms with Crippen LogP contribution in [-0.2, 0) is 50.1 Å². The summed E-state index contributed by atoms with van der Waals surface area (Å²) in [6.45, 7) is 3.77. The maximum absolute atomic E-state index is 12.8. The molecule has 0 radical (unpaired) electrons. The number of rotatable bonds is 12. The average Bonchev–Trinajstić information content (AvgIpc) is 3.29. The molecule has 0 fully saturated rings. The average molecular weight is 675 g/mol. The lowest BCUT2D eigenvalue weighted by molar-refractivity contribution is -0.254.